The second-order valence-corrected chi connectivity index (χ2v) is 8.12. The van der Waals surface area contributed by atoms with Crippen LogP contribution in [0.1, 0.15) is 17.5 Å². The van der Waals surface area contributed by atoms with Crippen molar-refractivity contribution in [2.45, 2.75) is 30.4 Å². The van der Waals surface area contributed by atoms with E-state index in [0.29, 0.717) is 25.8 Å². The second-order valence-electron chi connectivity index (χ2n) is 6.07. The summed E-state index contributed by atoms with van der Waals surface area (Å²) in [5.74, 6) is 0.122. The van der Waals surface area contributed by atoms with Crippen molar-refractivity contribution in [3.8, 4) is 0 Å². The Bertz CT molecular complexity index is 758. The van der Waals surface area contributed by atoms with Crippen LogP contribution in [0.2, 0.25) is 0 Å². The Hall–Kier alpha value is -1.48. The lowest BCUT2D eigenvalue weighted by Gasteiger charge is -2.27. The molecule has 1 amide bonds. The van der Waals surface area contributed by atoms with Crippen molar-refractivity contribution in [3.63, 3.8) is 0 Å². The van der Waals surface area contributed by atoms with E-state index in [-0.39, 0.29) is 17.3 Å². The molecule has 0 fully saturated rings. The average molecular weight is 354 g/mol. The maximum atomic E-state index is 12.9. The van der Waals surface area contributed by atoms with Crippen LogP contribution in [0.4, 0.5) is 5.69 Å². The SMILES string of the molecule is COC(CN(C)S(=O)(=O)c1cc2c3c(c1)CCN3C(=O)CC2)OC. The van der Waals surface area contributed by atoms with Gasteiger partial charge in [-0.3, -0.25) is 4.79 Å². The van der Waals surface area contributed by atoms with Crippen molar-refractivity contribution in [2.75, 3.05) is 39.3 Å². The van der Waals surface area contributed by atoms with Gasteiger partial charge in [0.15, 0.2) is 6.29 Å². The van der Waals surface area contributed by atoms with E-state index in [4.69, 9.17) is 9.47 Å². The molecule has 3 rings (SSSR count). The molecule has 0 atom stereocenters. The molecule has 7 nitrogen and oxygen atoms in total. The minimum Gasteiger partial charge on any atom is -0.355 e. The highest BCUT2D eigenvalue weighted by molar-refractivity contribution is 7.89. The highest BCUT2D eigenvalue weighted by Crippen LogP contribution is 2.38. The Kier molecular flexibility index (Phi) is 4.65. The Morgan fingerprint density at radius 2 is 1.79 bits per heavy atom. The standard InChI is InChI=1S/C16H22N2O5S/c1-17(10-15(22-2)23-3)24(20,21)13-8-11-4-5-14(19)18-7-6-12(9-13)16(11)18/h8-9,15H,4-7,10H2,1-3H3. The van der Waals surface area contributed by atoms with Crippen molar-refractivity contribution >= 4 is 21.6 Å². The molecule has 2 aliphatic heterocycles. The summed E-state index contributed by atoms with van der Waals surface area (Å²) in [6, 6.07) is 3.39. The van der Waals surface area contributed by atoms with E-state index in [1.165, 1.54) is 25.6 Å². The van der Waals surface area contributed by atoms with Gasteiger partial charge in [0.05, 0.1) is 17.1 Å². The summed E-state index contributed by atoms with van der Waals surface area (Å²) >= 11 is 0. The summed E-state index contributed by atoms with van der Waals surface area (Å²) in [7, 11) is 0.807. The molecule has 24 heavy (non-hydrogen) atoms. The van der Waals surface area contributed by atoms with Gasteiger partial charge in [-0.1, -0.05) is 0 Å². The number of hydrogen-bond donors (Lipinski definition) is 0. The van der Waals surface area contributed by atoms with Gasteiger partial charge in [0.25, 0.3) is 0 Å². The van der Waals surface area contributed by atoms with Crippen LogP contribution in [0.25, 0.3) is 0 Å². The summed E-state index contributed by atoms with van der Waals surface area (Å²) in [6.07, 6.45) is 1.09. The molecule has 0 spiro atoms. The van der Waals surface area contributed by atoms with Crippen molar-refractivity contribution in [1.82, 2.24) is 4.31 Å². The normalized spacial score (nSPS) is 17.0. The Morgan fingerprint density at radius 1 is 1.17 bits per heavy atom. The minimum atomic E-state index is -3.65. The van der Waals surface area contributed by atoms with Gasteiger partial charge < -0.3 is 14.4 Å². The molecular formula is C16H22N2O5S. The van der Waals surface area contributed by atoms with Crippen molar-refractivity contribution in [2.24, 2.45) is 0 Å². The predicted octanol–water partition coefficient (Wildman–Crippen LogP) is 0.761. The number of ether oxygens (including phenoxy) is 2. The molecule has 132 valence electrons. The molecule has 0 unspecified atom stereocenters. The second kappa shape index (κ2) is 6.44. The molecule has 0 saturated heterocycles. The van der Waals surface area contributed by atoms with Crippen molar-refractivity contribution < 1.29 is 22.7 Å². The van der Waals surface area contributed by atoms with E-state index in [2.05, 4.69) is 0 Å². The molecule has 0 aliphatic carbocycles. The van der Waals surface area contributed by atoms with Crippen molar-refractivity contribution in [1.29, 1.82) is 0 Å². The van der Waals surface area contributed by atoms with E-state index in [9.17, 15) is 13.2 Å². The van der Waals surface area contributed by atoms with Gasteiger partial charge in [0.2, 0.25) is 15.9 Å². The molecule has 0 radical (unpaired) electrons. The predicted molar refractivity (Wildman–Crippen MR) is 88.4 cm³/mol. The summed E-state index contributed by atoms with van der Waals surface area (Å²) in [6.45, 7) is 0.738. The zero-order valence-electron chi connectivity index (χ0n) is 14.1. The zero-order valence-corrected chi connectivity index (χ0v) is 14.9. The number of likely N-dealkylation sites (N-methyl/N-ethyl adjacent to an activating group) is 1. The first-order valence-electron chi connectivity index (χ1n) is 7.86. The molecule has 8 heteroatoms. The number of rotatable bonds is 6. The highest BCUT2D eigenvalue weighted by atomic mass is 32.2. The van der Waals surface area contributed by atoms with E-state index in [1.807, 2.05) is 0 Å². The lowest BCUT2D eigenvalue weighted by Crippen LogP contribution is -2.36. The van der Waals surface area contributed by atoms with Gasteiger partial charge in [-0.2, -0.15) is 4.31 Å². The van der Waals surface area contributed by atoms with Gasteiger partial charge >= 0.3 is 0 Å². The monoisotopic (exact) mass is 354 g/mol. The molecule has 0 aromatic heterocycles. The number of anilines is 1. The number of sulfonamides is 1. The smallest absolute Gasteiger partial charge is 0.243 e. The van der Waals surface area contributed by atoms with Crippen LogP contribution >= 0.6 is 0 Å². The lowest BCUT2D eigenvalue weighted by molar-refractivity contribution is -0.118. The van der Waals surface area contributed by atoms with E-state index >= 15 is 0 Å². The molecule has 0 N–H and O–H groups in total. The highest BCUT2D eigenvalue weighted by Gasteiger charge is 2.34. The van der Waals surface area contributed by atoms with Crippen molar-refractivity contribution in [3.05, 3.63) is 23.3 Å². The number of amides is 1. The summed E-state index contributed by atoms with van der Waals surface area (Å²) in [4.78, 5) is 14.0. The van der Waals surface area contributed by atoms with Gasteiger partial charge in [0, 0.05) is 34.2 Å². The van der Waals surface area contributed by atoms with Crippen LogP contribution in [-0.2, 0) is 37.1 Å². The Labute approximate surface area is 142 Å². The maximum Gasteiger partial charge on any atom is 0.243 e. The van der Waals surface area contributed by atoms with E-state index in [1.54, 1.807) is 17.0 Å². The number of hydrogen-bond acceptors (Lipinski definition) is 5. The van der Waals surface area contributed by atoms with Crippen LogP contribution in [0.3, 0.4) is 0 Å². The molecule has 2 heterocycles. The van der Waals surface area contributed by atoms with Gasteiger partial charge in [-0.15, -0.1) is 0 Å². The maximum absolute atomic E-state index is 12.9. The third-order valence-corrected chi connectivity index (χ3v) is 6.47. The van der Waals surface area contributed by atoms with Crippen LogP contribution in [0, 0.1) is 0 Å². The van der Waals surface area contributed by atoms with Gasteiger partial charge in [-0.25, -0.2) is 8.42 Å². The zero-order chi connectivity index (χ0) is 17.5. The average Bonchev–Trinajstić information content (AvgIpc) is 3.01. The third-order valence-electron chi connectivity index (χ3n) is 4.67. The molecule has 0 bridgehead atoms. The topological polar surface area (TPSA) is 76.2 Å². The molecule has 0 saturated carbocycles. The minimum absolute atomic E-state index is 0.104. The fourth-order valence-corrected chi connectivity index (χ4v) is 4.57. The number of benzene rings is 1. The van der Waals surface area contributed by atoms with Crippen LogP contribution in [0.5, 0.6) is 0 Å². The first kappa shape index (κ1) is 17.3. The number of carbonyl (C=O) groups is 1. The van der Waals surface area contributed by atoms with Crippen LogP contribution < -0.4 is 4.90 Å². The first-order chi connectivity index (χ1) is 11.4. The lowest BCUT2D eigenvalue weighted by atomic mass is 10.00. The Balaban J connectivity index is 1.94. The molecular weight excluding hydrogens is 332 g/mol. The number of aryl methyl sites for hydroxylation is 1. The molecule has 1 aromatic rings. The van der Waals surface area contributed by atoms with Gasteiger partial charge in [0.1, 0.15) is 0 Å². The first-order valence-corrected chi connectivity index (χ1v) is 9.30. The number of carbonyl (C=O) groups excluding carboxylic acids is 1. The summed E-state index contributed by atoms with van der Waals surface area (Å²) in [5, 5.41) is 0. The van der Waals surface area contributed by atoms with E-state index in [0.717, 1.165) is 16.8 Å². The fourth-order valence-electron chi connectivity index (χ4n) is 3.31. The number of methoxy groups -OCH3 is 2. The Morgan fingerprint density at radius 3 is 2.42 bits per heavy atom. The molecule has 1 aromatic carbocycles. The largest absolute Gasteiger partial charge is 0.355 e. The van der Waals surface area contributed by atoms with E-state index < -0.39 is 16.3 Å². The summed E-state index contributed by atoms with van der Waals surface area (Å²) < 4.78 is 37.1. The fraction of sp³-hybridized carbons (Fsp3) is 0.562. The van der Waals surface area contributed by atoms with Gasteiger partial charge in [-0.05, 0) is 36.1 Å². The third kappa shape index (κ3) is 2.83. The van der Waals surface area contributed by atoms with Crippen LogP contribution in [-0.4, -0.2) is 59.3 Å². The molecule has 2 aliphatic rings. The number of nitrogens with zero attached hydrogens (tertiary/aromatic N) is 2. The van der Waals surface area contributed by atoms with Crippen LogP contribution in [0.15, 0.2) is 17.0 Å². The summed E-state index contributed by atoms with van der Waals surface area (Å²) in [5.41, 5.74) is 2.79. The quantitative estimate of drug-likeness (QED) is 0.705.